The van der Waals surface area contributed by atoms with Gasteiger partial charge in [-0.2, -0.15) is 0 Å². The number of rotatable bonds is 7. The van der Waals surface area contributed by atoms with Gasteiger partial charge in [0, 0.05) is 11.2 Å². The van der Waals surface area contributed by atoms with Crippen molar-refractivity contribution in [1.29, 1.82) is 0 Å². The number of carbonyl (C=O) groups excluding carboxylic acids is 1. The molecule has 0 heterocycles. The lowest BCUT2D eigenvalue weighted by Gasteiger charge is -2.17. The highest BCUT2D eigenvalue weighted by atomic mass is 35.7. The number of carbonyl (C=O) groups is 1. The molecule has 0 bridgehead atoms. The van der Waals surface area contributed by atoms with Crippen molar-refractivity contribution in [3.8, 4) is 5.75 Å². The van der Waals surface area contributed by atoms with Gasteiger partial charge < -0.3 is 9.26 Å². The number of hydrogen-bond acceptors (Lipinski definition) is 4. The SMILES string of the molecule is CCCc1ccc(O[P@](=O)(Cl)N[C@@H](C)C(=O)OC)cc1. The Balaban J connectivity index is 2.65. The topological polar surface area (TPSA) is 64.6 Å². The van der Waals surface area contributed by atoms with Gasteiger partial charge in [0.1, 0.15) is 11.8 Å². The number of halogens is 1. The van der Waals surface area contributed by atoms with E-state index < -0.39 is 18.9 Å². The Morgan fingerprint density at radius 2 is 2.00 bits per heavy atom. The van der Waals surface area contributed by atoms with Crippen LogP contribution in [0.25, 0.3) is 0 Å². The fraction of sp³-hybridized carbons (Fsp3) is 0.462. The van der Waals surface area contributed by atoms with Crippen molar-refractivity contribution < 1.29 is 18.6 Å². The molecular formula is C13H19ClNO4P. The summed E-state index contributed by atoms with van der Waals surface area (Å²) in [6, 6.07) is 6.36. The average molecular weight is 320 g/mol. The Morgan fingerprint density at radius 1 is 1.40 bits per heavy atom. The van der Waals surface area contributed by atoms with Crippen molar-refractivity contribution in [2.45, 2.75) is 32.7 Å². The minimum absolute atomic E-state index is 0.382. The van der Waals surface area contributed by atoms with Gasteiger partial charge in [-0.05, 0) is 31.0 Å². The average Bonchev–Trinajstić information content (AvgIpc) is 2.39. The lowest BCUT2D eigenvalue weighted by Crippen LogP contribution is -2.32. The summed E-state index contributed by atoms with van der Waals surface area (Å²) < 4.78 is 21.8. The van der Waals surface area contributed by atoms with Crippen molar-refractivity contribution in [2.75, 3.05) is 7.11 Å². The van der Waals surface area contributed by atoms with Crippen LogP contribution in [0.3, 0.4) is 0 Å². The lowest BCUT2D eigenvalue weighted by molar-refractivity contribution is -0.142. The van der Waals surface area contributed by atoms with Crippen molar-refractivity contribution in [3.05, 3.63) is 29.8 Å². The molecule has 0 amide bonds. The Morgan fingerprint density at radius 3 is 2.50 bits per heavy atom. The van der Waals surface area contributed by atoms with Gasteiger partial charge in [-0.1, -0.05) is 25.5 Å². The third-order valence-electron chi connectivity index (χ3n) is 2.59. The summed E-state index contributed by atoms with van der Waals surface area (Å²) >= 11 is 5.78. The summed E-state index contributed by atoms with van der Waals surface area (Å²) in [7, 11) is 1.24. The highest BCUT2D eigenvalue weighted by Gasteiger charge is 2.27. The van der Waals surface area contributed by atoms with Crippen LogP contribution in [0.5, 0.6) is 5.75 Å². The van der Waals surface area contributed by atoms with Gasteiger partial charge in [0.15, 0.2) is 0 Å². The summed E-state index contributed by atoms with van der Waals surface area (Å²) in [6.07, 6.45) is 2.02. The van der Waals surface area contributed by atoms with Gasteiger partial charge in [0.2, 0.25) is 0 Å². The fourth-order valence-corrected chi connectivity index (χ4v) is 3.32. The highest BCUT2D eigenvalue weighted by molar-refractivity contribution is 7.84. The normalized spacial score (nSPS) is 15.2. The molecule has 0 unspecified atom stereocenters. The van der Waals surface area contributed by atoms with Crippen LogP contribution in [0, 0.1) is 0 Å². The van der Waals surface area contributed by atoms with E-state index in [1.54, 1.807) is 12.1 Å². The number of hydrogen-bond donors (Lipinski definition) is 1. The zero-order valence-electron chi connectivity index (χ0n) is 11.8. The zero-order valence-corrected chi connectivity index (χ0v) is 13.4. The van der Waals surface area contributed by atoms with Crippen LogP contribution in [0.4, 0.5) is 0 Å². The second-order valence-electron chi connectivity index (χ2n) is 4.34. The Hall–Kier alpha value is -1.03. The van der Waals surface area contributed by atoms with Crippen molar-refractivity contribution >= 4 is 24.1 Å². The standard InChI is InChI=1S/C13H19ClNO4P/c1-4-5-11-6-8-12(9-7-11)19-20(14,17)15-10(2)13(16)18-3/h6-10H,4-5H2,1-3H3,(H,15,17)/t10-,20+/m0/s1. The van der Waals surface area contributed by atoms with Crippen molar-refractivity contribution in [2.24, 2.45) is 0 Å². The Bertz CT molecular complexity index is 492. The number of ether oxygens (including phenoxy) is 1. The Labute approximate surface area is 123 Å². The van der Waals surface area contributed by atoms with E-state index in [0.29, 0.717) is 5.75 Å². The molecule has 0 spiro atoms. The second-order valence-corrected chi connectivity index (χ2v) is 7.07. The second kappa shape index (κ2) is 7.67. The largest absolute Gasteiger partial charge is 0.468 e. The van der Waals surface area contributed by atoms with Crippen LogP contribution in [-0.4, -0.2) is 19.1 Å². The smallest absolute Gasteiger partial charge is 0.409 e. The number of benzene rings is 1. The first-order valence-electron chi connectivity index (χ1n) is 6.32. The van der Waals surface area contributed by atoms with E-state index in [9.17, 15) is 9.36 Å². The minimum atomic E-state index is -3.65. The molecule has 0 aliphatic rings. The van der Waals surface area contributed by atoms with Gasteiger partial charge in [0.05, 0.1) is 7.11 Å². The predicted octanol–water partition coefficient (Wildman–Crippen LogP) is 3.52. The molecule has 2 atom stereocenters. The van der Waals surface area contributed by atoms with Gasteiger partial charge >= 0.3 is 12.8 Å². The maximum atomic E-state index is 12.0. The Kier molecular flexibility index (Phi) is 6.53. The first kappa shape index (κ1) is 17.0. The first-order valence-corrected chi connectivity index (χ1v) is 8.84. The molecule has 7 heteroatoms. The number of nitrogens with one attached hydrogen (secondary N) is 1. The van der Waals surface area contributed by atoms with Crippen molar-refractivity contribution in [3.63, 3.8) is 0 Å². The number of aryl methyl sites for hydroxylation is 1. The maximum absolute atomic E-state index is 12.0. The van der Waals surface area contributed by atoms with Gasteiger partial charge in [0.25, 0.3) is 0 Å². The van der Waals surface area contributed by atoms with E-state index in [2.05, 4.69) is 16.7 Å². The van der Waals surface area contributed by atoms with E-state index in [1.807, 2.05) is 12.1 Å². The molecule has 0 aromatic heterocycles. The van der Waals surface area contributed by atoms with Gasteiger partial charge in [-0.25, -0.2) is 9.65 Å². The van der Waals surface area contributed by atoms with E-state index in [0.717, 1.165) is 12.8 Å². The van der Waals surface area contributed by atoms with Crippen LogP contribution < -0.4 is 9.61 Å². The summed E-state index contributed by atoms with van der Waals surface area (Å²) in [5.41, 5.74) is 1.17. The zero-order chi connectivity index (χ0) is 15.2. The fourth-order valence-electron chi connectivity index (χ4n) is 1.63. The predicted molar refractivity (Wildman–Crippen MR) is 79.1 cm³/mol. The molecule has 0 aliphatic carbocycles. The molecular weight excluding hydrogens is 301 g/mol. The first-order chi connectivity index (χ1) is 9.38. The molecule has 1 rings (SSSR count). The molecule has 0 fully saturated rings. The summed E-state index contributed by atoms with van der Waals surface area (Å²) in [5.74, 6) is -0.180. The molecule has 0 aliphatic heterocycles. The van der Waals surface area contributed by atoms with E-state index in [1.165, 1.54) is 19.6 Å². The summed E-state index contributed by atoms with van der Waals surface area (Å²) in [4.78, 5) is 11.2. The van der Waals surface area contributed by atoms with Crippen LogP contribution >= 0.6 is 18.1 Å². The molecule has 1 N–H and O–H groups in total. The molecule has 1 aromatic rings. The third kappa shape index (κ3) is 5.53. The molecule has 0 radical (unpaired) electrons. The van der Waals surface area contributed by atoms with E-state index in [4.69, 9.17) is 15.8 Å². The monoisotopic (exact) mass is 319 g/mol. The van der Waals surface area contributed by atoms with Gasteiger partial charge in [-0.3, -0.25) is 4.79 Å². The third-order valence-corrected chi connectivity index (χ3v) is 4.23. The molecule has 0 saturated heterocycles. The van der Waals surface area contributed by atoms with Gasteiger partial charge in [-0.15, -0.1) is 0 Å². The molecule has 5 nitrogen and oxygen atoms in total. The molecule has 112 valence electrons. The molecule has 1 aromatic carbocycles. The van der Waals surface area contributed by atoms with Crippen LogP contribution in [0.15, 0.2) is 24.3 Å². The van der Waals surface area contributed by atoms with E-state index >= 15 is 0 Å². The van der Waals surface area contributed by atoms with Crippen molar-refractivity contribution in [1.82, 2.24) is 5.09 Å². The quantitative estimate of drug-likeness (QED) is 0.615. The summed E-state index contributed by atoms with van der Waals surface area (Å²) in [6.45, 7) is -0.0594. The summed E-state index contributed by atoms with van der Waals surface area (Å²) in [5, 5.41) is 2.42. The maximum Gasteiger partial charge on any atom is 0.409 e. The van der Waals surface area contributed by atoms with Crippen LogP contribution in [0.1, 0.15) is 25.8 Å². The minimum Gasteiger partial charge on any atom is -0.468 e. The van der Waals surface area contributed by atoms with E-state index in [-0.39, 0.29) is 0 Å². The highest BCUT2D eigenvalue weighted by Crippen LogP contribution is 2.48. The number of methoxy groups -OCH3 is 1. The van der Waals surface area contributed by atoms with Crippen LogP contribution in [-0.2, 0) is 20.5 Å². The van der Waals surface area contributed by atoms with Crippen LogP contribution in [0.2, 0.25) is 0 Å². The number of esters is 1. The molecule has 20 heavy (non-hydrogen) atoms. The molecule has 0 saturated carbocycles. The lowest BCUT2D eigenvalue weighted by atomic mass is 10.1.